The maximum Gasteiger partial charge on any atom is 0.143 e. The fourth-order valence-corrected chi connectivity index (χ4v) is 12.3. The molecule has 74 heavy (non-hydrogen) atoms. The van der Waals surface area contributed by atoms with Crippen molar-refractivity contribution in [3.05, 3.63) is 273 Å². The van der Waals surface area contributed by atoms with Crippen molar-refractivity contribution in [2.24, 2.45) is 0 Å². The van der Waals surface area contributed by atoms with Crippen molar-refractivity contribution >= 4 is 81.9 Å². The van der Waals surface area contributed by atoms with Gasteiger partial charge in [0.2, 0.25) is 0 Å². The molecular formula is C73H48O. The van der Waals surface area contributed by atoms with Crippen LogP contribution in [0.4, 0.5) is 0 Å². The Kier molecular flexibility index (Phi) is 10.3. The minimum atomic E-state index is 0.863. The Bertz CT molecular complexity index is 4550. The van der Waals surface area contributed by atoms with Gasteiger partial charge < -0.3 is 4.42 Å². The number of para-hydroxylation sites is 1. The molecule has 1 heterocycles. The number of hydrogen-bond donors (Lipinski definition) is 0. The molecule has 0 spiro atoms. The molecule has 0 amide bonds. The summed E-state index contributed by atoms with van der Waals surface area (Å²) in [6.07, 6.45) is 6.18. The molecule has 1 heteroatoms. The summed E-state index contributed by atoms with van der Waals surface area (Å²) in [5.74, 6) is 0. The minimum Gasteiger partial charge on any atom is -0.455 e. The van der Waals surface area contributed by atoms with E-state index in [1.807, 2.05) is 6.08 Å². The van der Waals surface area contributed by atoms with Gasteiger partial charge in [-0.1, -0.05) is 255 Å². The van der Waals surface area contributed by atoms with Crippen molar-refractivity contribution < 1.29 is 4.42 Å². The molecule has 0 unspecified atom stereocenters. The third-order valence-electron chi connectivity index (χ3n) is 15.5. The van der Waals surface area contributed by atoms with Crippen molar-refractivity contribution in [3.63, 3.8) is 0 Å². The predicted molar refractivity (Wildman–Crippen MR) is 318 cm³/mol. The number of rotatable bonds is 8. The predicted octanol–water partition coefficient (Wildman–Crippen LogP) is 20.9. The first-order valence-corrected chi connectivity index (χ1v) is 25.5. The average Bonchev–Trinajstić information content (AvgIpc) is 3.85. The largest absolute Gasteiger partial charge is 0.455 e. The summed E-state index contributed by atoms with van der Waals surface area (Å²) in [7, 11) is 0. The van der Waals surface area contributed by atoms with Crippen LogP contribution in [0, 0.1) is 6.92 Å². The van der Waals surface area contributed by atoms with Crippen LogP contribution in [-0.4, -0.2) is 0 Å². The molecule has 346 valence electrons. The second-order valence-electron chi connectivity index (χ2n) is 19.4. The maximum atomic E-state index is 7.08. The first-order valence-electron chi connectivity index (χ1n) is 25.5. The van der Waals surface area contributed by atoms with E-state index in [-0.39, 0.29) is 0 Å². The molecule has 1 nitrogen and oxygen atoms in total. The average molecular weight is 941 g/mol. The van der Waals surface area contributed by atoms with Gasteiger partial charge in [0.05, 0.1) is 0 Å². The Morgan fingerprint density at radius 1 is 0.311 bits per heavy atom. The highest BCUT2D eigenvalue weighted by Gasteiger charge is 2.24. The summed E-state index contributed by atoms with van der Waals surface area (Å²) < 4.78 is 7.08. The van der Waals surface area contributed by atoms with Crippen LogP contribution in [-0.2, 0) is 0 Å². The van der Waals surface area contributed by atoms with E-state index < -0.39 is 0 Å². The molecule has 14 rings (SSSR count). The van der Waals surface area contributed by atoms with E-state index in [1.165, 1.54) is 115 Å². The normalized spacial score (nSPS) is 11.9. The molecule has 0 aliphatic carbocycles. The summed E-state index contributed by atoms with van der Waals surface area (Å²) in [5.41, 5.74) is 18.5. The molecule has 0 aliphatic heterocycles. The van der Waals surface area contributed by atoms with Crippen molar-refractivity contribution in [3.8, 4) is 66.8 Å². The van der Waals surface area contributed by atoms with E-state index in [9.17, 15) is 0 Å². The van der Waals surface area contributed by atoms with Gasteiger partial charge in [0, 0.05) is 16.3 Å². The molecular weight excluding hydrogens is 893 g/mol. The Balaban J connectivity index is 0.965. The van der Waals surface area contributed by atoms with Gasteiger partial charge in [-0.05, 0) is 145 Å². The number of fused-ring (bicyclic) bond motifs is 8. The van der Waals surface area contributed by atoms with Gasteiger partial charge in [0.15, 0.2) is 0 Å². The van der Waals surface area contributed by atoms with E-state index in [4.69, 9.17) is 4.42 Å². The van der Waals surface area contributed by atoms with E-state index >= 15 is 0 Å². The molecule has 0 radical (unpaired) electrons. The Labute approximate surface area is 430 Å². The molecule has 0 fully saturated rings. The zero-order chi connectivity index (χ0) is 49.3. The van der Waals surface area contributed by atoms with Gasteiger partial charge in [-0.3, -0.25) is 0 Å². The summed E-state index contributed by atoms with van der Waals surface area (Å²) >= 11 is 0. The molecule has 14 aromatic rings. The third kappa shape index (κ3) is 6.78. The smallest absolute Gasteiger partial charge is 0.143 e. The van der Waals surface area contributed by atoms with Crippen LogP contribution < -0.4 is 0 Å². The van der Waals surface area contributed by atoms with Crippen molar-refractivity contribution in [2.75, 3.05) is 0 Å². The molecule has 0 atom stereocenters. The highest BCUT2D eigenvalue weighted by molar-refractivity contribution is 6.25. The standard InChI is InChI=1S/C73H48O/c1-3-4-26-50-46(2)69(57-31-15-18-34-60(57)71(50)63-42-40-51(47-22-7-5-8-23-47)53-27-11-13-29-55(53)63)66-38-21-37-65-67-45-49(39-44-68(67)74-73(65)66)70-58-32-16-19-35-61(58)72(62-36-20-17-33-59(62)70)64-43-41-52(48-24-9-6-10-25-48)54-28-12-14-30-56(54)64/h3-45H,1H2,2H3/b26-4-. The maximum absolute atomic E-state index is 7.08. The lowest BCUT2D eigenvalue weighted by Gasteiger charge is -2.21. The van der Waals surface area contributed by atoms with Crippen LogP contribution in [0.5, 0.6) is 0 Å². The lowest BCUT2D eigenvalue weighted by molar-refractivity contribution is 0.670. The van der Waals surface area contributed by atoms with Crippen LogP contribution >= 0.6 is 0 Å². The molecule has 0 saturated heterocycles. The van der Waals surface area contributed by atoms with E-state index in [0.717, 1.165) is 38.6 Å². The fourth-order valence-electron chi connectivity index (χ4n) is 12.3. The molecule has 0 saturated carbocycles. The lowest BCUT2D eigenvalue weighted by atomic mass is 9.82. The number of benzene rings is 13. The first-order chi connectivity index (χ1) is 36.6. The van der Waals surface area contributed by atoms with Crippen molar-refractivity contribution in [1.82, 2.24) is 0 Å². The number of hydrogen-bond acceptors (Lipinski definition) is 1. The van der Waals surface area contributed by atoms with Gasteiger partial charge in [0.1, 0.15) is 11.2 Å². The summed E-state index contributed by atoms with van der Waals surface area (Å²) in [6, 6.07) is 88.7. The number of allylic oxidation sites excluding steroid dienone is 2. The monoisotopic (exact) mass is 940 g/mol. The Morgan fingerprint density at radius 3 is 1.26 bits per heavy atom. The highest BCUT2D eigenvalue weighted by Crippen LogP contribution is 2.50. The summed E-state index contributed by atoms with van der Waals surface area (Å²) in [6.45, 7) is 6.39. The van der Waals surface area contributed by atoms with Crippen LogP contribution in [0.3, 0.4) is 0 Å². The highest BCUT2D eigenvalue weighted by atomic mass is 16.3. The van der Waals surface area contributed by atoms with Crippen molar-refractivity contribution in [1.29, 1.82) is 0 Å². The SMILES string of the molecule is C=C/C=C\c1c(C)c(-c2cccc3c2oc2ccc(-c4c5ccccc5c(-c5ccc(-c6ccccc6)c6ccccc56)c5ccccc45)cc23)c2ccccc2c1-c1ccc(-c2ccccc2)c2ccccc12. The fraction of sp³-hybridized carbons (Fsp3) is 0.0137. The van der Waals surface area contributed by atoms with Crippen LogP contribution in [0.25, 0.3) is 149 Å². The minimum absolute atomic E-state index is 0.863. The first kappa shape index (κ1) is 43.2. The number of furan rings is 1. The molecule has 0 aliphatic rings. The molecule has 0 bridgehead atoms. The second-order valence-corrected chi connectivity index (χ2v) is 19.4. The van der Waals surface area contributed by atoms with Crippen LogP contribution in [0.1, 0.15) is 11.1 Å². The summed E-state index contributed by atoms with van der Waals surface area (Å²) in [4.78, 5) is 0. The topological polar surface area (TPSA) is 13.1 Å². The van der Waals surface area contributed by atoms with Gasteiger partial charge in [0.25, 0.3) is 0 Å². The quantitative estimate of drug-likeness (QED) is 0.109. The van der Waals surface area contributed by atoms with Crippen molar-refractivity contribution in [2.45, 2.75) is 6.92 Å². The van der Waals surface area contributed by atoms with E-state index in [1.54, 1.807) is 0 Å². The van der Waals surface area contributed by atoms with Crippen LogP contribution in [0.2, 0.25) is 0 Å². The second kappa shape index (κ2) is 17.6. The molecule has 0 N–H and O–H groups in total. The Morgan fingerprint density at radius 2 is 0.730 bits per heavy atom. The summed E-state index contributed by atoms with van der Waals surface area (Å²) in [5, 5.41) is 14.4. The zero-order valence-electron chi connectivity index (χ0n) is 40.9. The van der Waals surface area contributed by atoms with E-state index in [2.05, 4.69) is 268 Å². The van der Waals surface area contributed by atoms with Gasteiger partial charge in [-0.2, -0.15) is 0 Å². The van der Waals surface area contributed by atoms with Gasteiger partial charge in [-0.25, -0.2) is 0 Å². The Hall–Kier alpha value is -9.56. The molecule has 13 aromatic carbocycles. The van der Waals surface area contributed by atoms with E-state index in [0.29, 0.717) is 0 Å². The van der Waals surface area contributed by atoms with Gasteiger partial charge >= 0.3 is 0 Å². The molecule has 1 aromatic heterocycles. The van der Waals surface area contributed by atoms with Crippen LogP contribution in [0.15, 0.2) is 266 Å². The third-order valence-corrected chi connectivity index (χ3v) is 15.5. The lowest BCUT2D eigenvalue weighted by Crippen LogP contribution is -1.97. The van der Waals surface area contributed by atoms with Gasteiger partial charge in [-0.15, -0.1) is 0 Å². The zero-order valence-corrected chi connectivity index (χ0v) is 40.9.